The molecule has 7 heteroatoms. The van der Waals surface area contributed by atoms with E-state index >= 15 is 0 Å². The van der Waals surface area contributed by atoms with Gasteiger partial charge in [0.25, 0.3) is 0 Å². The number of aliphatic hydroxyl groups excluding tert-OH is 1. The van der Waals surface area contributed by atoms with Crippen molar-refractivity contribution < 1.29 is 18.3 Å². The summed E-state index contributed by atoms with van der Waals surface area (Å²) in [6.45, 7) is 0.793. The van der Waals surface area contributed by atoms with Crippen LogP contribution in [0.3, 0.4) is 0 Å². The molecule has 1 unspecified atom stereocenters. The molecule has 0 aliphatic carbocycles. The summed E-state index contributed by atoms with van der Waals surface area (Å²) in [5.41, 5.74) is 6.03. The molecule has 1 aromatic carbocycles. The number of nitrogen functional groups attached to an aromatic ring is 1. The van der Waals surface area contributed by atoms with Gasteiger partial charge in [-0.3, -0.25) is 0 Å². The third-order valence-electron chi connectivity index (χ3n) is 3.35. The van der Waals surface area contributed by atoms with Crippen molar-refractivity contribution in [3.8, 4) is 5.75 Å². The second kappa shape index (κ2) is 5.36. The van der Waals surface area contributed by atoms with Crippen LogP contribution in [0.1, 0.15) is 6.42 Å². The molecule has 1 aliphatic rings. The maximum Gasteiger partial charge on any atom is 0.243 e. The summed E-state index contributed by atoms with van der Waals surface area (Å²) in [5, 5.41) is 9.07. The summed E-state index contributed by atoms with van der Waals surface area (Å²) < 4.78 is 31.2. The lowest BCUT2D eigenvalue weighted by Gasteiger charge is -2.17. The zero-order valence-electron chi connectivity index (χ0n) is 10.7. The molecule has 2 rings (SSSR count). The van der Waals surface area contributed by atoms with Crippen LogP contribution in [0.15, 0.2) is 23.1 Å². The normalized spacial score (nSPS) is 20.6. The predicted molar refractivity (Wildman–Crippen MR) is 71.4 cm³/mol. The summed E-state index contributed by atoms with van der Waals surface area (Å²) in [7, 11) is -2.06. The van der Waals surface area contributed by atoms with Gasteiger partial charge in [0.1, 0.15) is 5.75 Å². The van der Waals surface area contributed by atoms with Crippen LogP contribution in [0.2, 0.25) is 0 Å². The molecular formula is C12H18N2O4S. The van der Waals surface area contributed by atoms with Crippen molar-refractivity contribution in [2.24, 2.45) is 5.92 Å². The van der Waals surface area contributed by atoms with Gasteiger partial charge in [-0.15, -0.1) is 0 Å². The van der Waals surface area contributed by atoms with Crippen molar-refractivity contribution in [3.05, 3.63) is 18.2 Å². The van der Waals surface area contributed by atoms with E-state index in [9.17, 15) is 8.42 Å². The molecule has 3 N–H and O–H groups in total. The van der Waals surface area contributed by atoms with Crippen LogP contribution in [0.4, 0.5) is 5.69 Å². The van der Waals surface area contributed by atoms with Gasteiger partial charge >= 0.3 is 0 Å². The lowest BCUT2D eigenvalue weighted by molar-refractivity contribution is 0.233. The fraction of sp³-hybridized carbons (Fsp3) is 0.500. The highest BCUT2D eigenvalue weighted by Crippen LogP contribution is 2.28. The Bertz CT molecular complexity index is 559. The molecule has 106 valence electrons. The lowest BCUT2D eigenvalue weighted by atomic mass is 10.1. The maximum absolute atomic E-state index is 12.4. The van der Waals surface area contributed by atoms with Crippen molar-refractivity contribution in [2.45, 2.75) is 11.3 Å². The maximum atomic E-state index is 12.4. The van der Waals surface area contributed by atoms with Gasteiger partial charge in [-0.2, -0.15) is 4.31 Å². The van der Waals surface area contributed by atoms with Gasteiger partial charge in [-0.1, -0.05) is 0 Å². The van der Waals surface area contributed by atoms with E-state index < -0.39 is 10.0 Å². The molecule has 1 heterocycles. The minimum Gasteiger partial charge on any atom is -0.495 e. The number of rotatable bonds is 4. The molecule has 0 spiro atoms. The van der Waals surface area contributed by atoms with Crippen LogP contribution in [-0.2, 0) is 10.0 Å². The Morgan fingerprint density at radius 3 is 2.79 bits per heavy atom. The Morgan fingerprint density at radius 2 is 2.26 bits per heavy atom. The summed E-state index contributed by atoms with van der Waals surface area (Å²) in [4.78, 5) is 0.157. The van der Waals surface area contributed by atoms with E-state index in [-0.39, 0.29) is 17.4 Å². The minimum atomic E-state index is -3.54. The number of hydrogen-bond donors (Lipinski definition) is 2. The van der Waals surface area contributed by atoms with Crippen LogP contribution < -0.4 is 10.5 Å². The van der Waals surface area contributed by atoms with Gasteiger partial charge in [0, 0.05) is 19.7 Å². The smallest absolute Gasteiger partial charge is 0.243 e. The summed E-state index contributed by atoms with van der Waals surface area (Å²) in [5.74, 6) is 0.471. The Labute approximate surface area is 112 Å². The van der Waals surface area contributed by atoms with Gasteiger partial charge in [-0.25, -0.2) is 8.42 Å². The molecule has 19 heavy (non-hydrogen) atoms. The Kier molecular flexibility index (Phi) is 3.98. The predicted octanol–water partition coefficient (Wildman–Crippen LogP) is 0.280. The van der Waals surface area contributed by atoms with E-state index in [2.05, 4.69) is 0 Å². The Balaban J connectivity index is 2.27. The minimum absolute atomic E-state index is 0.0107. The summed E-state index contributed by atoms with van der Waals surface area (Å²) in [6, 6.07) is 4.43. The number of nitrogens with zero attached hydrogens (tertiary/aromatic N) is 1. The van der Waals surface area contributed by atoms with Crippen LogP contribution in [0.5, 0.6) is 5.75 Å². The van der Waals surface area contributed by atoms with Crippen molar-refractivity contribution in [1.82, 2.24) is 4.31 Å². The zero-order valence-corrected chi connectivity index (χ0v) is 11.6. The van der Waals surface area contributed by atoms with E-state index in [1.807, 2.05) is 0 Å². The van der Waals surface area contributed by atoms with E-state index in [1.165, 1.54) is 23.5 Å². The van der Waals surface area contributed by atoms with Gasteiger partial charge in [0.2, 0.25) is 10.0 Å². The fourth-order valence-corrected chi connectivity index (χ4v) is 3.75. The fourth-order valence-electron chi connectivity index (χ4n) is 2.19. The highest BCUT2D eigenvalue weighted by atomic mass is 32.2. The highest BCUT2D eigenvalue weighted by molar-refractivity contribution is 7.89. The molecule has 0 radical (unpaired) electrons. The number of sulfonamides is 1. The van der Waals surface area contributed by atoms with E-state index in [4.69, 9.17) is 15.6 Å². The first-order valence-electron chi connectivity index (χ1n) is 6.03. The highest BCUT2D eigenvalue weighted by Gasteiger charge is 2.32. The van der Waals surface area contributed by atoms with Crippen LogP contribution in [0.25, 0.3) is 0 Å². The Hall–Kier alpha value is -1.31. The first-order chi connectivity index (χ1) is 8.98. The molecule has 1 aliphatic heterocycles. The standard InChI is InChI=1S/C12H18N2O4S/c1-18-12-3-2-10(6-11(12)13)19(16,17)14-5-4-9(7-14)8-15/h2-3,6,9,15H,4-5,7-8,13H2,1H3. The lowest BCUT2D eigenvalue weighted by Crippen LogP contribution is -2.29. The number of ether oxygens (including phenoxy) is 1. The van der Waals surface area contributed by atoms with Gasteiger partial charge in [-0.05, 0) is 30.5 Å². The largest absolute Gasteiger partial charge is 0.495 e. The van der Waals surface area contributed by atoms with E-state index in [0.29, 0.717) is 30.9 Å². The molecule has 1 fully saturated rings. The van der Waals surface area contributed by atoms with Crippen molar-refractivity contribution in [2.75, 3.05) is 32.5 Å². The molecule has 1 aromatic rings. The SMILES string of the molecule is COc1ccc(S(=O)(=O)N2CCC(CO)C2)cc1N. The number of nitrogens with two attached hydrogens (primary N) is 1. The number of anilines is 1. The number of methoxy groups -OCH3 is 1. The van der Waals surface area contributed by atoms with E-state index in [0.717, 1.165) is 0 Å². The second-order valence-electron chi connectivity index (χ2n) is 4.60. The molecule has 0 aromatic heterocycles. The molecule has 1 saturated heterocycles. The summed E-state index contributed by atoms with van der Waals surface area (Å²) >= 11 is 0. The van der Waals surface area contributed by atoms with Gasteiger partial charge in [0.15, 0.2) is 0 Å². The molecule has 0 bridgehead atoms. The molecule has 0 amide bonds. The first-order valence-corrected chi connectivity index (χ1v) is 7.47. The Morgan fingerprint density at radius 1 is 1.53 bits per heavy atom. The number of aliphatic hydroxyl groups is 1. The van der Waals surface area contributed by atoms with Crippen molar-refractivity contribution in [3.63, 3.8) is 0 Å². The zero-order chi connectivity index (χ0) is 14.0. The third kappa shape index (κ3) is 2.68. The van der Waals surface area contributed by atoms with Crippen molar-refractivity contribution >= 4 is 15.7 Å². The first kappa shape index (κ1) is 14.1. The van der Waals surface area contributed by atoms with Crippen LogP contribution >= 0.6 is 0 Å². The average molecular weight is 286 g/mol. The topological polar surface area (TPSA) is 92.9 Å². The monoisotopic (exact) mass is 286 g/mol. The van der Waals surface area contributed by atoms with Crippen molar-refractivity contribution in [1.29, 1.82) is 0 Å². The average Bonchev–Trinajstić information content (AvgIpc) is 2.88. The number of hydrogen-bond acceptors (Lipinski definition) is 5. The van der Waals surface area contributed by atoms with Crippen LogP contribution in [-0.4, -0.2) is 44.6 Å². The molecule has 0 saturated carbocycles. The second-order valence-corrected chi connectivity index (χ2v) is 6.54. The van der Waals surface area contributed by atoms with Gasteiger partial charge < -0.3 is 15.6 Å². The summed E-state index contributed by atoms with van der Waals surface area (Å²) in [6.07, 6.45) is 0.682. The van der Waals surface area contributed by atoms with E-state index in [1.54, 1.807) is 6.07 Å². The molecule has 1 atom stereocenters. The quantitative estimate of drug-likeness (QED) is 0.776. The number of benzene rings is 1. The van der Waals surface area contributed by atoms with Crippen LogP contribution in [0, 0.1) is 5.92 Å². The molecule has 6 nitrogen and oxygen atoms in total. The van der Waals surface area contributed by atoms with Gasteiger partial charge in [0.05, 0.1) is 17.7 Å². The molecular weight excluding hydrogens is 268 g/mol. The third-order valence-corrected chi connectivity index (χ3v) is 5.21.